The number of ether oxygens (including phenoxy) is 2. The maximum atomic E-state index is 14.0. The Labute approximate surface area is 192 Å². The normalized spacial score (nSPS) is 17.5. The number of halogens is 2. The van der Waals surface area contributed by atoms with Gasteiger partial charge in [0.25, 0.3) is 11.7 Å². The molecule has 0 saturated carbocycles. The third kappa shape index (κ3) is 3.74. The van der Waals surface area contributed by atoms with Crippen molar-refractivity contribution in [3.05, 3.63) is 81.1 Å². The van der Waals surface area contributed by atoms with Crippen LogP contribution >= 0.6 is 11.3 Å². The Bertz CT molecular complexity index is 1300. The van der Waals surface area contributed by atoms with Crippen LogP contribution in [0.3, 0.4) is 0 Å². The minimum Gasteiger partial charge on any atom is -0.507 e. The second-order valence-corrected chi connectivity index (χ2v) is 8.25. The summed E-state index contributed by atoms with van der Waals surface area (Å²) in [5, 5.41) is 13.1. The van der Waals surface area contributed by atoms with Gasteiger partial charge in [0.05, 0.1) is 25.4 Å². The summed E-state index contributed by atoms with van der Waals surface area (Å²) in [6, 6.07) is 8.36. The van der Waals surface area contributed by atoms with Crippen molar-refractivity contribution in [2.75, 3.05) is 19.1 Å². The third-order valence-corrected chi connectivity index (χ3v) is 6.51. The predicted octanol–water partition coefficient (Wildman–Crippen LogP) is 4.98. The van der Waals surface area contributed by atoms with Gasteiger partial charge in [-0.05, 0) is 54.3 Å². The molecule has 0 aliphatic carbocycles. The van der Waals surface area contributed by atoms with Gasteiger partial charge in [0.2, 0.25) is 0 Å². The minimum absolute atomic E-state index is 0.00884. The molecule has 6 nitrogen and oxygen atoms in total. The van der Waals surface area contributed by atoms with Gasteiger partial charge in [0, 0.05) is 16.6 Å². The number of hydrogen-bond donors (Lipinski definition) is 1. The summed E-state index contributed by atoms with van der Waals surface area (Å²) in [7, 11) is 2.85. The first-order valence-electron chi connectivity index (χ1n) is 9.81. The van der Waals surface area contributed by atoms with Gasteiger partial charge in [0.1, 0.15) is 23.3 Å². The first-order chi connectivity index (χ1) is 15.8. The number of nitrogens with zero attached hydrogens (tertiary/aromatic N) is 1. The summed E-state index contributed by atoms with van der Waals surface area (Å²) < 4.78 is 38.1. The third-order valence-electron chi connectivity index (χ3n) is 5.44. The fraction of sp³-hybridized carbons (Fsp3) is 0.167. The molecule has 33 heavy (non-hydrogen) atoms. The van der Waals surface area contributed by atoms with Crippen LogP contribution in [-0.4, -0.2) is 31.0 Å². The number of benzene rings is 2. The largest absolute Gasteiger partial charge is 0.507 e. The molecule has 1 saturated heterocycles. The predicted molar refractivity (Wildman–Crippen MR) is 120 cm³/mol. The number of hydrogen-bond acceptors (Lipinski definition) is 6. The lowest BCUT2D eigenvalue weighted by molar-refractivity contribution is -0.132. The van der Waals surface area contributed by atoms with Crippen LogP contribution in [0.4, 0.5) is 14.5 Å². The number of carbonyl (C=O) groups excluding carboxylic acids is 2. The molecule has 170 valence electrons. The molecule has 4 rings (SSSR count). The zero-order valence-electron chi connectivity index (χ0n) is 17.9. The van der Waals surface area contributed by atoms with Crippen molar-refractivity contribution < 1.29 is 33.0 Å². The van der Waals surface area contributed by atoms with E-state index in [0.29, 0.717) is 10.6 Å². The average molecular weight is 471 g/mol. The number of carbonyl (C=O) groups is 2. The molecule has 1 aromatic heterocycles. The van der Waals surface area contributed by atoms with Crippen molar-refractivity contribution in [3.63, 3.8) is 0 Å². The molecule has 2 heterocycles. The van der Waals surface area contributed by atoms with Crippen molar-refractivity contribution in [2.24, 2.45) is 0 Å². The van der Waals surface area contributed by atoms with E-state index in [0.717, 1.165) is 22.6 Å². The Morgan fingerprint density at radius 1 is 1.03 bits per heavy atom. The van der Waals surface area contributed by atoms with Gasteiger partial charge in [-0.25, -0.2) is 8.78 Å². The van der Waals surface area contributed by atoms with Crippen LogP contribution in [0, 0.1) is 18.6 Å². The summed E-state index contributed by atoms with van der Waals surface area (Å²) in [6.07, 6.45) is 0. The number of aliphatic hydroxyl groups excluding tert-OH is 1. The van der Waals surface area contributed by atoms with E-state index in [-0.39, 0.29) is 22.6 Å². The molecule has 1 atom stereocenters. The lowest BCUT2D eigenvalue weighted by Gasteiger charge is -2.25. The number of amides is 1. The Morgan fingerprint density at radius 2 is 1.79 bits per heavy atom. The number of rotatable bonds is 5. The van der Waals surface area contributed by atoms with Gasteiger partial charge in [-0.2, -0.15) is 0 Å². The van der Waals surface area contributed by atoms with Gasteiger partial charge in [-0.3, -0.25) is 14.5 Å². The Kier molecular flexibility index (Phi) is 5.90. The van der Waals surface area contributed by atoms with E-state index < -0.39 is 35.1 Å². The second kappa shape index (κ2) is 8.67. The highest BCUT2D eigenvalue weighted by Crippen LogP contribution is 2.46. The summed E-state index contributed by atoms with van der Waals surface area (Å²) in [5.74, 6) is -3.98. The fourth-order valence-electron chi connectivity index (χ4n) is 3.79. The second-order valence-electron chi connectivity index (χ2n) is 7.30. The average Bonchev–Trinajstić information content (AvgIpc) is 3.35. The van der Waals surface area contributed by atoms with Gasteiger partial charge < -0.3 is 14.6 Å². The quantitative estimate of drug-likeness (QED) is 0.323. The molecule has 1 aliphatic rings. The molecule has 1 aliphatic heterocycles. The first-order valence-corrected chi connectivity index (χ1v) is 10.7. The van der Waals surface area contributed by atoms with Crippen molar-refractivity contribution in [1.29, 1.82) is 0 Å². The van der Waals surface area contributed by atoms with E-state index in [9.17, 15) is 23.5 Å². The van der Waals surface area contributed by atoms with Crippen molar-refractivity contribution in [2.45, 2.75) is 13.0 Å². The summed E-state index contributed by atoms with van der Waals surface area (Å²) in [5.41, 5.74) is 0.717. The molecule has 0 radical (unpaired) electrons. The van der Waals surface area contributed by atoms with Crippen LogP contribution in [0.25, 0.3) is 5.76 Å². The van der Waals surface area contributed by atoms with E-state index >= 15 is 0 Å². The standard InChI is InChI=1S/C24H19F2NO5S/c1-12-8-9-33-23(12)20-19(21(28)15-11-14(31-2)5-7-18(15)32-3)22(29)24(30)27(20)13-4-6-16(25)17(26)10-13/h4-11,20,28H,1-3H3/b21-19-. The first kappa shape index (κ1) is 22.5. The van der Waals surface area contributed by atoms with Crippen LogP contribution in [0.15, 0.2) is 53.4 Å². The molecule has 9 heteroatoms. The maximum Gasteiger partial charge on any atom is 0.300 e. The van der Waals surface area contributed by atoms with Gasteiger partial charge in [-0.15, -0.1) is 11.3 Å². The van der Waals surface area contributed by atoms with Crippen LogP contribution in [0.5, 0.6) is 11.5 Å². The molecule has 1 N–H and O–H groups in total. The molecule has 3 aromatic rings. The molecular weight excluding hydrogens is 452 g/mol. The van der Waals surface area contributed by atoms with Gasteiger partial charge in [-0.1, -0.05) is 0 Å². The van der Waals surface area contributed by atoms with Gasteiger partial charge >= 0.3 is 0 Å². The van der Waals surface area contributed by atoms with E-state index in [1.54, 1.807) is 30.5 Å². The summed E-state index contributed by atoms with van der Waals surface area (Å²) in [6.45, 7) is 1.79. The number of Topliss-reactive ketones (excluding diaryl/α,β-unsaturated/α-hetero) is 1. The Balaban J connectivity index is 1.99. The number of methoxy groups -OCH3 is 2. The number of anilines is 1. The van der Waals surface area contributed by atoms with Crippen molar-refractivity contribution in [1.82, 2.24) is 0 Å². The summed E-state index contributed by atoms with van der Waals surface area (Å²) >= 11 is 1.28. The van der Waals surface area contributed by atoms with Gasteiger partial charge in [0.15, 0.2) is 11.6 Å². The summed E-state index contributed by atoms with van der Waals surface area (Å²) in [4.78, 5) is 28.0. The zero-order valence-corrected chi connectivity index (χ0v) is 18.7. The molecular formula is C24H19F2NO5S. The van der Waals surface area contributed by atoms with Crippen LogP contribution < -0.4 is 14.4 Å². The Hall–Kier alpha value is -3.72. The minimum atomic E-state index is -1.16. The van der Waals surface area contributed by atoms with Crippen molar-refractivity contribution >= 4 is 34.5 Å². The smallest absolute Gasteiger partial charge is 0.300 e. The Morgan fingerprint density at radius 3 is 2.39 bits per heavy atom. The molecule has 2 aromatic carbocycles. The highest BCUT2D eigenvalue weighted by molar-refractivity contribution is 7.10. The number of aliphatic hydroxyl groups is 1. The van der Waals surface area contributed by atoms with Crippen molar-refractivity contribution in [3.8, 4) is 11.5 Å². The molecule has 1 unspecified atom stereocenters. The van der Waals surface area contributed by atoms with E-state index in [1.807, 2.05) is 0 Å². The van der Waals surface area contributed by atoms with E-state index in [1.165, 1.54) is 37.7 Å². The van der Waals surface area contributed by atoms with Crippen LogP contribution in [-0.2, 0) is 9.59 Å². The van der Waals surface area contributed by atoms with E-state index in [4.69, 9.17) is 9.47 Å². The number of thiophene rings is 1. The highest BCUT2D eigenvalue weighted by Gasteiger charge is 2.48. The monoisotopic (exact) mass is 471 g/mol. The SMILES string of the molecule is COc1ccc(OC)c(/C(O)=C2/C(=O)C(=O)N(c3ccc(F)c(F)c3)C2c2sccc2C)c1. The van der Waals surface area contributed by atoms with Crippen LogP contribution in [0.2, 0.25) is 0 Å². The molecule has 0 bridgehead atoms. The number of ketones is 1. The lowest BCUT2D eigenvalue weighted by atomic mass is 9.97. The molecule has 1 fully saturated rings. The zero-order chi connectivity index (χ0) is 23.9. The topological polar surface area (TPSA) is 76.1 Å². The highest BCUT2D eigenvalue weighted by atomic mass is 32.1. The molecule has 0 spiro atoms. The fourth-order valence-corrected chi connectivity index (χ4v) is 4.82. The number of aryl methyl sites for hydroxylation is 1. The molecule has 1 amide bonds. The maximum absolute atomic E-state index is 14.0. The van der Waals surface area contributed by atoms with E-state index in [2.05, 4.69) is 0 Å². The van der Waals surface area contributed by atoms with Crippen LogP contribution in [0.1, 0.15) is 22.0 Å². The lowest BCUT2D eigenvalue weighted by Crippen LogP contribution is -2.29.